The lowest BCUT2D eigenvalue weighted by Gasteiger charge is -2.38. The van der Waals surface area contributed by atoms with Gasteiger partial charge in [0.1, 0.15) is 5.82 Å². The lowest BCUT2D eigenvalue weighted by molar-refractivity contribution is 0.129. The number of aromatic nitrogens is 2. The molecule has 2 aromatic carbocycles. The molecule has 0 bridgehead atoms. The highest BCUT2D eigenvalue weighted by atomic mass is 35.5. The van der Waals surface area contributed by atoms with Crippen LogP contribution in [0.5, 0.6) is 0 Å². The van der Waals surface area contributed by atoms with Crippen molar-refractivity contribution in [2.45, 2.75) is 71.1 Å². The van der Waals surface area contributed by atoms with Crippen LogP contribution in [0.25, 0.3) is 0 Å². The lowest BCUT2D eigenvalue weighted by atomic mass is 10.0. The van der Waals surface area contributed by atoms with Gasteiger partial charge in [-0.15, -0.1) is 0 Å². The van der Waals surface area contributed by atoms with Crippen LogP contribution in [0.2, 0.25) is 5.02 Å². The van der Waals surface area contributed by atoms with E-state index in [0.717, 1.165) is 66.4 Å². The minimum atomic E-state index is -0.110. The van der Waals surface area contributed by atoms with E-state index in [1.807, 2.05) is 41.9 Å². The summed E-state index contributed by atoms with van der Waals surface area (Å²) < 4.78 is 1.94. The van der Waals surface area contributed by atoms with Gasteiger partial charge in [0.05, 0.1) is 18.3 Å². The first-order valence-electron chi connectivity index (χ1n) is 12.6. The monoisotopic (exact) mass is 492 g/mol. The molecule has 1 unspecified atom stereocenters. The van der Waals surface area contributed by atoms with Gasteiger partial charge in [0, 0.05) is 29.2 Å². The van der Waals surface area contributed by atoms with Crippen molar-refractivity contribution in [3.05, 3.63) is 98.2 Å². The van der Waals surface area contributed by atoms with E-state index in [9.17, 15) is 4.79 Å². The minimum Gasteiger partial charge on any atom is -0.314 e. The fraction of sp³-hybridized carbons (Fsp3) is 0.448. The highest BCUT2D eigenvalue weighted by molar-refractivity contribution is 6.30. The van der Waals surface area contributed by atoms with E-state index in [-0.39, 0.29) is 17.1 Å². The average Bonchev–Trinajstić information content (AvgIpc) is 3.33. The minimum absolute atomic E-state index is 0.000570. The molecule has 6 heteroatoms. The molecule has 1 heterocycles. The summed E-state index contributed by atoms with van der Waals surface area (Å²) in [4.78, 5) is 21.4. The third-order valence-electron chi connectivity index (χ3n) is 7.10. The topological polar surface area (TPSA) is 50.2 Å². The van der Waals surface area contributed by atoms with Crippen LogP contribution in [-0.2, 0) is 25.9 Å². The zero-order chi connectivity index (χ0) is 25.0. The van der Waals surface area contributed by atoms with Gasteiger partial charge < -0.3 is 5.32 Å². The molecule has 1 atom stereocenters. The van der Waals surface area contributed by atoms with Crippen molar-refractivity contribution in [3.8, 4) is 0 Å². The molecule has 0 radical (unpaired) electrons. The largest absolute Gasteiger partial charge is 0.314 e. The lowest BCUT2D eigenvalue weighted by Crippen LogP contribution is -2.49. The molecule has 5 nitrogen and oxygen atoms in total. The zero-order valence-electron chi connectivity index (χ0n) is 21.4. The van der Waals surface area contributed by atoms with E-state index in [0.29, 0.717) is 6.54 Å². The van der Waals surface area contributed by atoms with Crippen LogP contribution in [-0.4, -0.2) is 33.6 Å². The SMILES string of the molecule is CCC(c1nc2c(c(=O)n1Cc1ccccc1)CCC2)N(Cc1ccc(Cl)cc1)CC(C)(C)NC. The molecule has 0 saturated heterocycles. The number of fused-ring (bicyclic) bond motifs is 1. The predicted octanol–water partition coefficient (Wildman–Crippen LogP) is 5.39. The van der Waals surface area contributed by atoms with Crippen LogP contribution in [0.4, 0.5) is 0 Å². The molecule has 3 aromatic rings. The summed E-state index contributed by atoms with van der Waals surface area (Å²) in [6.45, 7) is 8.71. The molecule has 0 fully saturated rings. The van der Waals surface area contributed by atoms with Crippen molar-refractivity contribution >= 4 is 11.6 Å². The van der Waals surface area contributed by atoms with E-state index < -0.39 is 0 Å². The second kappa shape index (κ2) is 11.1. The van der Waals surface area contributed by atoms with Crippen LogP contribution >= 0.6 is 11.6 Å². The quantitative estimate of drug-likeness (QED) is 0.412. The fourth-order valence-electron chi connectivity index (χ4n) is 5.01. The number of hydrogen-bond donors (Lipinski definition) is 1. The standard InChI is InChI=1S/C29H37ClN4O/c1-5-26(33(20-29(2,3)31-4)18-22-14-16-23(30)17-15-22)27-32-25-13-9-12-24(25)28(35)34(27)19-21-10-7-6-8-11-21/h6-8,10-11,14-17,26,31H,5,9,12-13,18-20H2,1-4H3. The first-order chi connectivity index (χ1) is 16.8. The smallest absolute Gasteiger partial charge is 0.257 e. The molecule has 0 saturated carbocycles. The maximum atomic E-state index is 13.7. The Kier molecular flexibility index (Phi) is 8.10. The first-order valence-corrected chi connectivity index (χ1v) is 13.0. The summed E-state index contributed by atoms with van der Waals surface area (Å²) in [5.74, 6) is 0.878. The molecule has 1 N–H and O–H groups in total. The van der Waals surface area contributed by atoms with E-state index >= 15 is 0 Å². The van der Waals surface area contributed by atoms with Crippen LogP contribution in [0.1, 0.15) is 67.9 Å². The van der Waals surface area contributed by atoms with E-state index in [4.69, 9.17) is 16.6 Å². The number of rotatable bonds is 10. The van der Waals surface area contributed by atoms with E-state index in [2.05, 4.69) is 55.3 Å². The molecule has 1 aliphatic rings. The molecule has 1 aliphatic carbocycles. The van der Waals surface area contributed by atoms with Crippen LogP contribution in [0.3, 0.4) is 0 Å². The zero-order valence-corrected chi connectivity index (χ0v) is 22.1. The van der Waals surface area contributed by atoms with E-state index in [1.54, 1.807) is 0 Å². The van der Waals surface area contributed by atoms with Crippen molar-refractivity contribution in [2.24, 2.45) is 0 Å². The summed E-state index contributed by atoms with van der Waals surface area (Å²) in [6, 6.07) is 18.3. The Labute approximate surface area is 214 Å². The van der Waals surface area contributed by atoms with Crippen molar-refractivity contribution in [1.29, 1.82) is 0 Å². The van der Waals surface area contributed by atoms with Gasteiger partial charge in [0.25, 0.3) is 5.56 Å². The number of aryl methyl sites for hydroxylation is 1. The Morgan fingerprint density at radius 1 is 1.09 bits per heavy atom. The Morgan fingerprint density at radius 2 is 1.80 bits per heavy atom. The third-order valence-corrected chi connectivity index (χ3v) is 7.35. The molecule has 4 rings (SSSR count). The number of nitrogens with zero attached hydrogens (tertiary/aromatic N) is 3. The highest BCUT2D eigenvalue weighted by Crippen LogP contribution is 2.29. The van der Waals surface area contributed by atoms with Crippen LogP contribution < -0.4 is 10.9 Å². The predicted molar refractivity (Wildman–Crippen MR) is 144 cm³/mol. The van der Waals surface area contributed by atoms with Gasteiger partial charge in [0.2, 0.25) is 0 Å². The van der Waals surface area contributed by atoms with Gasteiger partial charge in [-0.1, -0.05) is 61.0 Å². The molecule has 35 heavy (non-hydrogen) atoms. The Bertz CT molecular complexity index is 1190. The molecule has 0 aliphatic heterocycles. The van der Waals surface area contributed by atoms with Crippen LogP contribution in [0.15, 0.2) is 59.4 Å². The maximum Gasteiger partial charge on any atom is 0.257 e. The normalized spacial score (nSPS) is 14.3. The summed E-state index contributed by atoms with van der Waals surface area (Å²) in [5.41, 5.74) is 4.22. The highest BCUT2D eigenvalue weighted by Gasteiger charge is 2.31. The van der Waals surface area contributed by atoms with Gasteiger partial charge in [0.15, 0.2) is 0 Å². The molecule has 0 amide bonds. The molecule has 1 aromatic heterocycles. The number of halogens is 1. The summed E-state index contributed by atoms with van der Waals surface area (Å²) in [5, 5.41) is 4.19. The van der Waals surface area contributed by atoms with Gasteiger partial charge in [-0.3, -0.25) is 14.3 Å². The maximum absolute atomic E-state index is 13.7. The molecule has 186 valence electrons. The average molecular weight is 493 g/mol. The van der Waals surface area contributed by atoms with E-state index in [1.165, 1.54) is 5.56 Å². The van der Waals surface area contributed by atoms with Crippen molar-refractivity contribution in [1.82, 2.24) is 19.8 Å². The third kappa shape index (κ3) is 6.03. The second-order valence-corrected chi connectivity index (χ2v) is 10.7. The Morgan fingerprint density at radius 3 is 2.46 bits per heavy atom. The number of nitrogens with one attached hydrogen (secondary N) is 1. The van der Waals surface area contributed by atoms with Crippen molar-refractivity contribution < 1.29 is 0 Å². The molecular weight excluding hydrogens is 456 g/mol. The molecular formula is C29H37ClN4O. The van der Waals surface area contributed by atoms with Gasteiger partial charge in [-0.05, 0) is 69.8 Å². The second-order valence-electron chi connectivity index (χ2n) is 10.2. The van der Waals surface area contributed by atoms with Gasteiger partial charge >= 0.3 is 0 Å². The summed E-state index contributed by atoms with van der Waals surface area (Å²) >= 11 is 6.16. The summed E-state index contributed by atoms with van der Waals surface area (Å²) in [6.07, 6.45) is 3.57. The number of benzene rings is 2. The fourth-order valence-corrected chi connectivity index (χ4v) is 5.14. The Balaban J connectivity index is 1.80. The molecule has 0 spiro atoms. The van der Waals surface area contributed by atoms with Gasteiger partial charge in [-0.25, -0.2) is 4.98 Å². The number of hydrogen-bond acceptors (Lipinski definition) is 4. The van der Waals surface area contributed by atoms with Crippen LogP contribution in [0, 0.1) is 0 Å². The Hall–Kier alpha value is -2.47. The number of likely N-dealkylation sites (N-methyl/N-ethyl adjacent to an activating group) is 1. The first kappa shape index (κ1) is 25.6. The van der Waals surface area contributed by atoms with Crippen molar-refractivity contribution in [3.63, 3.8) is 0 Å². The van der Waals surface area contributed by atoms with Crippen molar-refractivity contribution in [2.75, 3.05) is 13.6 Å². The summed E-state index contributed by atoms with van der Waals surface area (Å²) in [7, 11) is 2.00. The van der Waals surface area contributed by atoms with Gasteiger partial charge in [-0.2, -0.15) is 0 Å².